The molecular weight excluding hydrogens is 454 g/mol. The monoisotopic (exact) mass is 491 g/mol. The second-order valence-corrected chi connectivity index (χ2v) is 9.57. The van der Waals surface area contributed by atoms with Crippen molar-refractivity contribution >= 4 is 23.2 Å². The molecule has 0 spiro atoms. The largest absolute Gasteiger partial charge is 0.476 e. The first-order valence-electron chi connectivity index (χ1n) is 12.0. The summed E-state index contributed by atoms with van der Waals surface area (Å²) in [4.78, 5) is 35.9. The Hall–Kier alpha value is -2.92. The van der Waals surface area contributed by atoms with Crippen LogP contribution in [-0.2, 0) is 20.9 Å². The Labute approximate surface area is 206 Å². The van der Waals surface area contributed by atoms with Gasteiger partial charge in [0.1, 0.15) is 17.8 Å². The van der Waals surface area contributed by atoms with Gasteiger partial charge in [0.05, 0.1) is 25.0 Å². The molecule has 2 aromatic rings. The predicted molar refractivity (Wildman–Crippen MR) is 129 cm³/mol. The number of amides is 2. The highest BCUT2D eigenvalue weighted by Gasteiger charge is 2.30. The Balaban J connectivity index is 1.68. The summed E-state index contributed by atoms with van der Waals surface area (Å²) in [6.07, 6.45) is 4.64. The van der Waals surface area contributed by atoms with E-state index in [9.17, 15) is 9.59 Å². The number of fused-ring (bicyclic) bond motifs is 1. The SMILES string of the molecule is CCCOCn1cc(C(=O)NCCOC)c2nc(OCC3CCN(C(=O)OC(C)(C)C)C3)cnc21. The number of hydrogen-bond donors (Lipinski definition) is 1. The Morgan fingerprint density at radius 1 is 1.26 bits per heavy atom. The van der Waals surface area contributed by atoms with Gasteiger partial charge in [-0.3, -0.25) is 4.79 Å². The van der Waals surface area contributed by atoms with Crippen LogP contribution in [0.2, 0.25) is 0 Å². The fraction of sp³-hybridized carbons (Fsp3) is 0.667. The molecule has 0 saturated carbocycles. The lowest BCUT2D eigenvalue weighted by Crippen LogP contribution is -2.35. The third-order valence-corrected chi connectivity index (χ3v) is 5.36. The van der Waals surface area contributed by atoms with Crippen LogP contribution in [0.15, 0.2) is 12.4 Å². The fourth-order valence-electron chi connectivity index (χ4n) is 3.70. The summed E-state index contributed by atoms with van der Waals surface area (Å²) in [6, 6.07) is 0. The molecule has 0 bridgehead atoms. The van der Waals surface area contributed by atoms with Crippen LogP contribution in [0, 0.1) is 5.92 Å². The number of aromatic nitrogens is 3. The lowest BCUT2D eigenvalue weighted by molar-refractivity contribution is 0.0284. The number of carbonyl (C=O) groups is 2. The average molecular weight is 492 g/mol. The molecule has 35 heavy (non-hydrogen) atoms. The van der Waals surface area contributed by atoms with Gasteiger partial charge in [-0.2, -0.15) is 0 Å². The maximum Gasteiger partial charge on any atom is 0.410 e. The van der Waals surface area contributed by atoms with E-state index >= 15 is 0 Å². The molecule has 3 rings (SSSR count). The van der Waals surface area contributed by atoms with Crippen molar-refractivity contribution in [2.75, 3.05) is 46.6 Å². The zero-order chi connectivity index (χ0) is 25.4. The first-order chi connectivity index (χ1) is 16.7. The third-order valence-electron chi connectivity index (χ3n) is 5.36. The molecule has 1 atom stereocenters. The van der Waals surface area contributed by atoms with Crippen LogP contribution >= 0.6 is 0 Å². The minimum absolute atomic E-state index is 0.156. The first kappa shape index (κ1) is 26.7. The average Bonchev–Trinajstić information content (AvgIpc) is 3.42. The molecule has 1 saturated heterocycles. The van der Waals surface area contributed by atoms with Crippen LogP contribution in [0.25, 0.3) is 11.2 Å². The zero-order valence-electron chi connectivity index (χ0n) is 21.3. The fourth-order valence-corrected chi connectivity index (χ4v) is 3.70. The van der Waals surface area contributed by atoms with Crippen LogP contribution in [0.1, 0.15) is 50.9 Å². The summed E-state index contributed by atoms with van der Waals surface area (Å²) in [6.45, 7) is 10.8. The van der Waals surface area contributed by atoms with Crippen LogP contribution in [0.4, 0.5) is 4.79 Å². The summed E-state index contributed by atoms with van der Waals surface area (Å²) < 4.78 is 23.8. The number of methoxy groups -OCH3 is 1. The molecule has 11 nitrogen and oxygen atoms in total. The number of likely N-dealkylation sites (tertiary alicyclic amines) is 1. The van der Waals surface area contributed by atoms with Gasteiger partial charge in [-0.25, -0.2) is 14.8 Å². The van der Waals surface area contributed by atoms with Gasteiger partial charge in [-0.15, -0.1) is 0 Å². The highest BCUT2D eigenvalue weighted by molar-refractivity contribution is 6.04. The number of ether oxygens (including phenoxy) is 4. The van der Waals surface area contributed by atoms with Crippen molar-refractivity contribution in [2.45, 2.75) is 52.9 Å². The van der Waals surface area contributed by atoms with E-state index in [0.29, 0.717) is 62.1 Å². The van der Waals surface area contributed by atoms with Crippen molar-refractivity contribution < 1.29 is 28.5 Å². The maximum atomic E-state index is 12.8. The second-order valence-electron chi connectivity index (χ2n) is 9.57. The van der Waals surface area contributed by atoms with Gasteiger partial charge in [-0.05, 0) is 33.6 Å². The molecule has 11 heteroatoms. The van der Waals surface area contributed by atoms with Gasteiger partial charge in [0, 0.05) is 45.5 Å². The first-order valence-corrected chi connectivity index (χ1v) is 12.0. The molecule has 0 aliphatic carbocycles. The van der Waals surface area contributed by atoms with Crippen LogP contribution in [0.5, 0.6) is 5.88 Å². The normalized spacial score (nSPS) is 16.0. The van der Waals surface area contributed by atoms with E-state index in [1.54, 1.807) is 29.0 Å². The van der Waals surface area contributed by atoms with Crippen LogP contribution in [0.3, 0.4) is 0 Å². The summed E-state index contributed by atoms with van der Waals surface area (Å²) in [5, 5.41) is 2.82. The third kappa shape index (κ3) is 7.53. The van der Waals surface area contributed by atoms with Gasteiger partial charge >= 0.3 is 6.09 Å². The number of rotatable bonds is 11. The summed E-state index contributed by atoms with van der Waals surface area (Å²) in [7, 11) is 1.58. The molecule has 2 amide bonds. The number of hydrogen-bond acceptors (Lipinski definition) is 8. The molecule has 0 aromatic carbocycles. The van der Waals surface area contributed by atoms with E-state index in [2.05, 4.69) is 15.3 Å². The predicted octanol–water partition coefficient (Wildman–Crippen LogP) is 2.83. The summed E-state index contributed by atoms with van der Waals surface area (Å²) >= 11 is 0. The van der Waals surface area contributed by atoms with Gasteiger partial charge in [-0.1, -0.05) is 6.92 Å². The standard InChI is InChI=1S/C24H37N5O6/c1-6-10-33-16-29-14-18(22(30)25-8-11-32-5)20-21(29)26-12-19(27-20)34-15-17-7-9-28(13-17)23(31)35-24(2,3)4/h12,14,17H,6-11,13,15-16H2,1-5H3,(H,25,30). The van der Waals surface area contributed by atoms with E-state index in [0.717, 1.165) is 12.8 Å². The number of nitrogens with zero attached hydrogens (tertiary/aromatic N) is 4. The molecule has 1 fully saturated rings. The van der Waals surface area contributed by atoms with E-state index < -0.39 is 5.60 Å². The number of carbonyl (C=O) groups excluding carboxylic acids is 2. The van der Waals surface area contributed by atoms with E-state index in [1.165, 1.54) is 0 Å². The van der Waals surface area contributed by atoms with E-state index in [1.807, 2.05) is 27.7 Å². The number of nitrogens with one attached hydrogen (secondary N) is 1. The Morgan fingerprint density at radius 2 is 2.06 bits per heavy atom. The lowest BCUT2D eigenvalue weighted by atomic mass is 10.1. The van der Waals surface area contributed by atoms with Gasteiger partial charge in [0.2, 0.25) is 5.88 Å². The maximum absolute atomic E-state index is 12.8. The van der Waals surface area contributed by atoms with Gasteiger partial charge in [0.25, 0.3) is 5.91 Å². The Bertz CT molecular complexity index is 1000. The van der Waals surface area contributed by atoms with Gasteiger partial charge in [0.15, 0.2) is 5.65 Å². The van der Waals surface area contributed by atoms with Crippen molar-refractivity contribution in [1.29, 1.82) is 0 Å². The summed E-state index contributed by atoms with van der Waals surface area (Å²) in [5.41, 5.74) is 0.857. The molecule has 1 aliphatic rings. The quantitative estimate of drug-likeness (QED) is 0.477. The minimum Gasteiger partial charge on any atom is -0.476 e. The van der Waals surface area contributed by atoms with Crippen LogP contribution < -0.4 is 10.1 Å². The Morgan fingerprint density at radius 3 is 2.77 bits per heavy atom. The topological polar surface area (TPSA) is 117 Å². The van der Waals surface area contributed by atoms with Gasteiger partial charge < -0.3 is 33.7 Å². The van der Waals surface area contributed by atoms with Crippen molar-refractivity contribution in [3.05, 3.63) is 18.0 Å². The van der Waals surface area contributed by atoms with Crippen molar-refractivity contribution in [1.82, 2.24) is 24.8 Å². The van der Waals surface area contributed by atoms with Crippen molar-refractivity contribution in [3.8, 4) is 5.88 Å². The van der Waals surface area contributed by atoms with E-state index in [4.69, 9.17) is 18.9 Å². The van der Waals surface area contributed by atoms with E-state index in [-0.39, 0.29) is 24.6 Å². The molecule has 194 valence electrons. The van der Waals surface area contributed by atoms with Crippen molar-refractivity contribution in [2.24, 2.45) is 5.92 Å². The smallest absolute Gasteiger partial charge is 0.410 e. The highest BCUT2D eigenvalue weighted by atomic mass is 16.6. The highest BCUT2D eigenvalue weighted by Crippen LogP contribution is 2.23. The molecule has 3 heterocycles. The molecule has 1 unspecified atom stereocenters. The summed E-state index contributed by atoms with van der Waals surface area (Å²) in [5.74, 6) is 0.215. The molecule has 1 N–H and O–H groups in total. The molecular formula is C24H37N5O6. The lowest BCUT2D eigenvalue weighted by Gasteiger charge is -2.24. The molecule has 0 radical (unpaired) electrons. The molecule has 1 aliphatic heterocycles. The van der Waals surface area contributed by atoms with Crippen LogP contribution in [-0.4, -0.2) is 83.6 Å². The second kappa shape index (κ2) is 12.2. The minimum atomic E-state index is -0.526. The Kier molecular flexibility index (Phi) is 9.27. The zero-order valence-corrected chi connectivity index (χ0v) is 21.3. The molecule has 2 aromatic heterocycles. The van der Waals surface area contributed by atoms with Crippen molar-refractivity contribution in [3.63, 3.8) is 0 Å².